The Morgan fingerprint density at radius 2 is 0.590 bits per heavy atom. The van der Waals surface area contributed by atoms with E-state index in [0.717, 1.165) is 57.8 Å². The molecule has 0 amide bonds. The van der Waals surface area contributed by atoms with Crippen LogP contribution in [0.15, 0.2) is 24.3 Å². The van der Waals surface area contributed by atoms with Crippen molar-refractivity contribution in [1.29, 1.82) is 0 Å². The summed E-state index contributed by atoms with van der Waals surface area (Å²) in [6.07, 6.45) is 56.4. The molecule has 0 aliphatic carbocycles. The lowest BCUT2D eigenvalue weighted by Gasteiger charge is -2.17. The number of hydrogen-bond donors (Lipinski definition) is 0. The van der Waals surface area contributed by atoms with Gasteiger partial charge in [0.25, 0.3) is 0 Å². The summed E-state index contributed by atoms with van der Waals surface area (Å²) in [5, 5.41) is 0. The third-order valence-electron chi connectivity index (χ3n) is 11.9. The van der Waals surface area contributed by atoms with Crippen LogP contribution in [-0.2, 0) is 28.6 Å². The van der Waals surface area contributed by atoms with Crippen LogP contribution in [0.3, 0.4) is 0 Å². The second kappa shape index (κ2) is 50.5. The van der Waals surface area contributed by atoms with Crippen LogP contribution in [0.5, 0.6) is 0 Å². The minimum atomic E-state index is -0.847. The summed E-state index contributed by atoms with van der Waals surface area (Å²) in [6.45, 7) is 7.51. The van der Waals surface area contributed by atoms with E-state index in [1.807, 2.05) is 0 Å². The third-order valence-corrected chi connectivity index (χ3v) is 11.9. The first kappa shape index (κ1) is 58.9. The van der Waals surface area contributed by atoms with Gasteiger partial charge in [0.15, 0.2) is 0 Å². The molecule has 0 fully saturated rings. The molecule has 0 saturated carbocycles. The maximum absolute atomic E-state index is 12.8. The number of allylic oxidation sites excluding steroid dienone is 4. The van der Waals surface area contributed by atoms with Crippen LogP contribution in [0.25, 0.3) is 0 Å². The summed E-state index contributed by atoms with van der Waals surface area (Å²) in [4.78, 5) is 38.4. The first-order chi connectivity index (χ1) is 30.0. The minimum absolute atomic E-state index is 0.111. The number of carbonyl (C=O) groups excluding carboxylic acids is 3. The number of ether oxygens (including phenoxy) is 3. The molecule has 0 rings (SSSR count). The van der Waals surface area contributed by atoms with Gasteiger partial charge in [0.2, 0.25) is 0 Å². The second-order valence-corrected chi connectivity index (χ2v) is 18.1. The van der Waals surface area contributed by atoms with Gasteiger partial charge in [-0.2, -0.15) is 0 Å². The molecule has 0 N–H and O–H groups in total. The van der Waals surface area contributed by atoms with Gasteiger partial charge in [-0.3, -0.25) is 14.4 Å². The van der Waals surface area contributed by atoms with Crippen molar-refractivity contribution in [1.82, 2.24) is 0 Å². The Kier molecular flexibility index (Phi) is 48.8. The molecular weight excluding hydrogens is 757 g/mol. The lowest BCUT2D eigenvalue weighted by molar-refractivity contribution is -0.159. The van der Waals surface area contributed by atoms with E-state index >= 15 is 0 Å². The maximum Gasteiger partial charge on any atom is 0.309 e. The number of carbonyl (C=O) groups is 3. The molecule has 0 aliphatic heterocycles. The summed E-state index contributed by atoms with van der Waals surface area (Å²) >= 11 is 0. The SMILES string of the molecule is CCCCCCCC/C=C\CCCCCCCCOC(=O)CC(CC(=O)OCCCCCCCC/C=C\CCCCCCCC)OC(=O)CCCCCCCCCCCCC. The van der Waals surface area contributed by atoms with Crippen molar-refractivity contribution in [2.75, 3.05) is 13.2 Å². The predicted molar refractivity (Wildman–Crippen MR) is 261 cm³/mol. The summed E-state index contributed by atoms with van der Waals surface area (Å²) in [7, 11) is 0. The van der Waals surface area contributed by atoms with E-state index in [2.05, 4.69) is 45.1 Å². The van der Waals surface area contributed by atoms with E-state index in [0.29, 0.717) is 19.6 Å². The number of rotatable bonds is 49. The molecule has 0 bridgehead atoms. The molecule has 358 valence electrons. The number of esters is 3. The Balaban J connectivity index is 4.33. The number of hydrogen-bond acceptors (Lipinski definition) is 6. The molecule has 0 unspecified atom stereocenters. The molecule has 0 aliphatic rings. The quantitative estimate of drug-likeness (QED) is 0.0262. The van der Waals surface area contributed by atoms with Crippen molar-refractivity contribution in [3.63, 3.8) is 0 Å². The zero-order valence-electron chi connectivity index (χ0n) is 40.9. The highest BCUT2D eigenvalue weighted by atomic mass is 16.6. The van der Waals surface area contributed by atoms with Crippen molar-refractivity contribution < 1.29 is 28.6 Å². The average molecular weight is 859 g/mol. The average Bonchev–Trinajstić information content (AvgIpc) is 3.25. The van der Waals surface area contributed by atoms with Crippen LogP contribution in [0.1, 0.15) is 290 Å². The largest absolute Gasteiger partial charge is 0.466 e. The van der Waals surface area contributed by atoms with Crippen LogP contribution in [0.2, 0.25) is 0 Å². The van der Waals surface area contributed by atoms with Crippen molar-refractivity contribution >= 4 is 17.9 Å². The molecule has 0 aromatic rings. The zero-order valence-corrected chi connectivity index (χ0v) is 40.9. The van der Waals surface area contributed by atoms with Gasteiger partial charge < -0.3 is 14.2 Å². The fourth-order valence-corrected chi connectivity index (χ4v) is 7.89. The normalized spacial score (nSPS) is 11.7. The molecule has 0 atom stereocenters. The van der Waals surface area contributed by atoms with Crippen LogP contribution in [0, 0.1) is 0 Å². The van der Waals surface area contributed by atoms with E-state index in [1.165, 1.54) is 193 Å². The van der Waals surface area contributed by atoms with Crippen molar-refractivity contribution in [2.45, 2.75) is 297 Å². The van der Waals surface area contributed by atoms with Gasteiger partial charge in [-0.05, 0) is 70.6 Å². The number of unbranched alkanes of at least 4 members (excludes halogenated alkanes) is 34. The molecule has 0 aromatic carbocycles. The third kappa shape index (κ3) is 48.8. The summed E-state index contributed by atoms with van der Waals surface area (Å²) in [5.41, 5.74) is 0. The smallest absolute Gasteiger partial charge is 0.309 e. The highest BCUT2D eigenvalue weighted by molar-refractivity contribution is 5.76. The van der Waals surface area contributed by atoms with Crippen molar-refractivity contribution in [3.8, 4) is 0 Å². The molecule has 0 saturated heterocycles. The van der Waals surface area contributed by atoms with Gasteiger partial charge in [-0.1, -0.05) is 225 Å². The lowest BCUT2D eigenvalue weighted by atomic mass is 10.1. The van der Waals surface area contributed by atoms with Crippen LogP contribution in [-0.4, -0.2) is 37.2 Å². The zero-order chi connectivity index (χ0) is 44.4. The lowest BCUT2D eigenvalue weighted by Crippen LogP contribution is -2.26. The van der Waals surface area contributed by atoms with E-state index < -0.39 is 18.0 Å². The van der Waals surface area contributed by atoms with Gasteiger partial charge >= 0.3 is 17.9 Å². The topological polar surface area (TPSA) is 78.9 Å². The van der Waals surface area contributed by atoms with Crippen LogP contribution < -0.4 is 0 Å². The first-order valence-corrected chi connectivity index (χ1v) is 26.8. The molecule has 0 heterocycles. The molecule has 0 spiro atoms. The predicted octanol–water partition coefficient (Wildman–Crippen LogP) is 17.5. The van der Waals surface area contributed by atoms with Crippen LogP contribution in [0.4, 0.5) is 0 Å². The maximum atomic E-state index is 12.8. The van der Waals surface area contributed by atoms with Gasteiger partial charge in [0, 0.05) is 6.42 Å². The fourth-order valence-electron chi connectivity index (χ4n) is 7.89. The summed E-state index contributed by atoms with van der Waals surface area (Å²) in [5.74, 6) is -1.18. The Hall–Kier alpha value is -2.11. The molecule has 6 nitrogen and oxygen atoms in total. The molecule has 61 heavy (non-hydrogen) atoms. The summed E-state index contributed by atoms with van der Waals surface area (Å²) < 4.78 is 16.8. The molecule has 0 aromatic heterocycles. The molecule has 6 heteroatoms. The second-order valence-electron chi connectivity index (χ2n) is 18.1. The van der Waals surface area contributed by atoms with Crippen molar-refractivity contribution in [2.24, 2.45) is 0 Å². The Morgan fingerprint density at radius 3 is 0.902 bits per heavy atom. The first-order valence-electron chi connectivity index (χ1n) is 26.8. The Morgan fingerprint density at radius 1 is 0.328 bits per heavy atom. The van der Waals surface area contributed by atoms with E-state index in [4.69, 9.17) is 14.2 Å². The van der Waals surface area contributed by atoms with Crippen LogP contribution >= 0.6 is 0 Å². The standard InChI is InChI=1S/C55H102O6/c1-4-7-10-13-16-19-22-24-26-28-30-33-36-39-42-45-48-59-54(57)50-52(61-53(56)47-44-41-38-35-32-21-18-15-12-9-6-3)51-55(58)60-49-46-43-40-37-34-31-29-27-25-23-20-17-14-11-8-5-2/h24-27,52H,4-23,28-51H2,1-3H3/b26-24-,27-25-. The highest BCUT2D eigenvalue weighted by Gasteiger charge is 2.23. The van der Waals surface area contributed by atoms with Crippen molar-refractivity contribution in [3.05, 3.63) is 24.3 Å². The Labute approximate surface area is 379 Å². The van der Waals surface area contributed by atoms with E-state index in [1.54, 1.807) is 0 Å². The summed E-state index contributed by atoms with van der Waals surface area (Å²) in [6, 6.07) is 0. The monoisotopic (exact) mass is 859 g/mol. The molecular formula is C55H102O6. The minimum Gasteiger partial charge on any atom is -0.466 e. The van der Waals surface area contributed by atoms with Gasteiger partial charge in [-0.15, -0.1) is 0 Å². The van der Waals surface area contributed by atoms with Gasteiger partial charge in [-0.25, -0.2) is 0 Å². The Bertz CT molecular complexity index is 931. The fraction of sp³-hybridized carbons (Fsp3) is 0.873. The molecule has 0 radical (unpaired) electrons. The van der Waals surface area contributed by atoms with Gasteiger partial charge in [0.1, 0.15) is 6.10 Å². The highest BCUT2D eigenvalue weighted by Crippen LogP contribution is 2.16. The van der Waals surface area contributed by atoms with Gasteiger partial charge in [0.05, 0.1) is 26.1 Å². The van der Waals surface area contributed by atoms with E-state index in [-0.39, 0.29) is 18.8 Å². The van der Waals surface area contributed by atoms with E-state index in [9.17, 15) is 14.4 Å².